The molecule has 142 valence electrons. The third-order valence-electron chi connectivity index (χ3n) is 4.00. The highest BCUT2D eigenvalue weighted by Crippen LogP contribution is 2.31. The molecule has 7 nitrogen and oxygen atoms in total. The van der Waals surface area contributed by atoms with Gasteiger partial charge in [0.05, 0.1) is 25.5 Å². The third-order valence-corrected chi connectivity index (χ3v) is 5.28. The number of aryl methyl sites for hydroxylation is 1. The zero-order valence-electron chi connectivity index (χ0n) is 15.0. The van der Waals surface area contributed by atoms with Crippen molar-refractivity contribution in [3.8, 4) is 11.5 Å². The van der Waals surface area contributed by atoms with E-state index in [9.17, 15) is 13.2 Å². The standard InChI is InChI=1S/C18H24N2O5S/c1-4-26(22,23)9-7-18(21)19-8-5-6-13-10-15-16(20-13)11-14(24-2)12-17(15)25-3/h4,10-12,20H,1,5-9H2,2-3H3,(H,19,21). The molecule has 0 bridgehead atoms. The number of hydrogen-bond donors (Lipinski definition) is 2. The molecule has 0 fully saturated rings. The van der Waals surface area contributed by atoms with Gasteiger partial charge in [-0.25, -0.2) is 8.42 Å². The summed E-state index contributed by atoms with van der Waals surface area (Å²) < 4.78 is 33.2. The van der Waals surface area contributed by atoms with Crippen LogP contribution in [0.3, 0.4) is 0 Å². The van der Waals surface area contributed by atoms with Crippen LogP contribution in [-0.4, -0.2) is 45.8 Å². The summed E-state index contributed by atoms with van der Waals surface area (Å²) in [5.74, 6) is 0.952. The number of nitrogens with one attached hydrogen (secondary N) is 2. The smallest absolute Gasteiger partial charge is 0.221 e. The highest BCUT2D eigenvalue weighted by Gasteiger charge is 2.11. The van der Waals surface area contributed by atoms with E-state index in [1.807, 2.05) is 18.2 Å². The molecule has 2 aromatic rings. The Balaban J connectivity index is 1.86. The van der Waals surface area contributed by atoms with Gasteiger partial charge in [0.15, 0.2) is 9.84 Å². The van der Waals surface area contributed by atoms with Crippen LogP contribution in [0.2, 0.25) is 0 Å². The van der Waals surface area contributed by atoms with Gasteiger partial charge in [0, 0.05) is 41.6 Å². The Morgan fingerprint density at radius 2 is 2.04 bits per heavy atom. The molecule has 0 unspecified atom stereocenters. The molecule has 0 spiro atoms. The van der Waals surface area contributed by atoms with E-state index in [1.165, 1.54) is 0 Å². The van der Waals surface area contributed by atoms with E-state index in [1.54, 1.807) is 14.2 Å². The monoisotopic (exact) mass is 380 g/mol. The van der Waals surface area contributed by atoms with E-state index in [2.05, 4.69) is 16.9 Å². The Hall–Kier alpha value is -2.48. The van der Waals surface area contributed by atoms with Crippen LogP contribution in [-0.2, 0) is 21.1 Å². The Bertz CT molecular complexity index is 886. The van der Waals surface area contributed by atoms with E-state index in [4.69, 9.17) is 9.47 Å². The van der Waals surface area contributed by atoms with Crippen molar-refractivity contribution in [1.29, 1.82) is 0 Å². The first-order valence-electron chi connectivity index (χ1n) is 8.24. The van der Waals surface area contributed by atoms with E-state index in [0.717, 1.165) is 40.6 Å². The van der Waals surface area contributed by atoms with Gasteiger partial charge in [0.1, 0.15) is 11.5 Å². The van der Waals surface area contributed by atoms with Gasteiger partial charge in [0.2, 0.25) is 5.91 Å². The van der Waals surface area contributed by atoms with Gasteiger partial charge in [0.25, 0.3) is 0 Å². The summed E-state index contributed by atoms with van der Waals surface area (Å²) in [6.07, 6.45) is 1.41. The second kappa shape index (κ2) is 8.75. The zero-order chi connectivity index (χ0) is 19.2. The molecule has 26 heavy (non-hydrogen) atoms. The largest absolute Gasteiger partial charge is 0.497 e. The van der Waals surface area contributed by atoms with Crippen molar-refractivity contribution < 1.29 is 22.7 Å². The summed E-state index contributed by atoms with van der Waals surface area (Å²) in [5, 5.41) is 4.58. The maximum absolute atomic E-state index is 11.7. The normalized spacial score (nSPS) is 11.3. The molecular formula is C18H24N2O5S. The van der Waals surface area contributed by atoms with Crippen LogP contribution in [0.25, 0.3) is 10.9 Å². The fraction of sp³-hybridized carbons (Fsp3) is 0.389. The van der Waals surface area contributed by atoms with Crippen molar-refractivity contribution in [3.63, 3.8) is 0 Å². The van der Waals surface area contributed by atoms with Gasteiger partial charge in [-0.1, -0.05) is 6.58 Å². The molecule has 1 heterocycles. The summed E-state index contributed by atoms with van der Waals surface area (Å²) in [7, 11) is -0.121. The highest BCUT2D eigenvalue weighted by molar-refractivity contribution is 7.94. The number of benzene rings is 1. The second-order valence-corrected chi connectivity index (χ2v) is 7.89. The minimum atomic E-state index is -3.34. The molecule has 2 N–H and O–H groups in total. The van der Waals surface area contributed by atoms with Crippen LogP contribution in [0.4, 0.5) is 0 Å². The average Bonchev–Trinajstić information content (AvgIpc) is 3.05. The number of carbonyl (C=O) groups is 1. The van der Waals surface area contributed by atoms with Crippen molar-refractivity contribution in [3.05, 3.63) is 35.9 Å². The van der Waals surface area contributed by atoms with Gasteiger partial charge in [-0.05, 0) is 18.9 Å². The first-order valence-corrected chi connectivity index (χ1v) is 9.95. The SMILES string of the molecule is C=CS(=O)(=O)CCC(=O)NCCCc1cc2c(OC)cc(OC)cc2[nH]1. The molecule has 0 radical (unpaired) electrons. The van der Waals surface area contributed by atoms with Gasteiger partial charge in [-0.3, -0.25) is 4.79 Å². The van der Waals surface area contributed by atoms with Gasteiger partial charge in [-0.15, -0.1) is 0 Å². The number of H-pyrrole nitrogens is 1. The van der Waals surface area contributed by atoms with Crippen LogP contribution in [0, 0.1) is 0 Å². The average molecular weight is 380 g/mol. The van der Waals surface area contributed by atoms with Crippen molar-refractivity contribution in [2.75, 3.05) is 26.5 Å². The Morgan fingerprint density at radius 3 is 2.69 bits per heavy atom. The maximum Gasteiger partial charge on any atom is 0.221 e. The third kappa shape index (κ3) is 5.26. The lowest BCUT2D eigenvalue weighted by Crippen LogP contribution is -2.26. The molecule has 2 rings (SSSR count). The minimum Gasteiger partial charge on any atom is -0.497 e. The quantitative estimate of drug-likeness (QED) is 0.616. The number of carbonyl (C=O) groups excluding carboxylic acids is 1. The maximum atomic E-state index is 11.7. The number of aromatic nitrogens is 1. The zero-order valence-corrected chi connectivity index (χ0v) is 15.8. The van der Waals surface area contributed by atoms with Crippen LogP contribution < -0.4 is 14.8 Å². The molecule has 1 aromatic heterocycles. The Kier molecular flexibility index (Phi) is 6.68. The number of hydrogen-bond acceptors (Lipinski definition) is 5. The Morgan fingerprint density at radius 1 is 1.27 bits per heavy atom. The topological polar surface area (TPSA) is 97.5 Å². The van der Waals surface area contributed by atoms with Gasteiger partial charge < -0.3 is 19.8 Å². The van der Waals surface area contributed by atoms with E-state index < -0.39 is 9.84 Å². The van der Waals surface area contributed by atoms with Crippen LogP contribution in [0.1, 0.15) is 18.5 Å². The summed E-state index contributed by atoms with van der Waals surface area (Å²) in [4.78, 5) is 15.0. The molecule has 0 atom stereocenters. The fourth-order valence-electron chi connectivity index (χ4n) is 2.57. The van der Waals surface area contributed by atoms with Crippen molar-refractivity contribution in [1.82, 2.24) is 10.3 Å². The van der Waals surface area contributed by atoms with E-state index in [-0.39, 0.29) is 18.1 Å². The predicted octanol–water partition coefficient (Wildman–Crippen LogP) is 2.18. The molecule has 0 aliphatic heterocycles. The molecule has 8 heteroatoms. The van der Waals surface area contributed by atoms with Crippen LogP contribution >= 0.6 is 0 Å². The molecule has 1 amide bonds. The number of ether oxygens (including phenoxy) is 2. The first kappa shape index (κ1) is 19.8. The number of aromatic amines is 1. The molecule has 0 aliphatic rings. The summed E-state index contributed by atoms with van der Waals surface area (Å²) in [6.45, 7) is 3.70. The van der Waals surface area contributed by atoms with Crippen molar-refractivity contribution in [2.45, 2.75) is 19.3 Å². The van der Waals surface area contributed by atoms with Gasteiger partial charge in [-0.2, -0.15) is 0 Å². The minimum absolute atomic E-state index is 0.0578. The Labute approximate surface area is 153 Å². The predicted molar refractivity (Wildman–Crippen MR) is 101 cm³/mol. The molecule has 0 aliphatic carbocycles. The van der Waals surface area contributed by atoms with Crippen LogP contribution in [0.5, 0.6) is 11.5 Å². The van der Waals surface area contributed by atoms with Crippen LogP contribution in [0.15, 0.2) is 30.2 Å². The lowest BCUT2D eigenvalue weighted by Gasteiger charge is -2.04. The lowest BCUT2D eigenvalue weighted by atomic mass is 10.2. The summed E-state index contributed by atoms with van der Waals surface area (Å²) in [5.41, 5.74) is 1.95. The van der Waals surface area contributed by atoms with Crippen molar-refractivity contribution >= 4 is 26.6 Å². The van der Waals surface area contributed by atoms with E-state index in [0.29, 0.717) is 12.3 Å². The number of rotatable bonds is 10. The first-order chi connectivity index (χ1) is 12.4. The molecule has 1 aromatic carbocycles. The fourth-order valence-corrected chi connectivity index (χ4v) is 3.21. The molecular weight excluding hydrogens is 356 g/mol. The van der Waals surface area contributed by atoms with Gasteiger partial charge >= 0.3 is 0 Å². The van der Waals surface area contributed by atoms with Crippen molar-refractivity contribution in [2.24, 2.45) is 0 Å². The number of amides is 1. The summed E-state index contributed by atoms with van der Waals surface area (Å²) >= 11 is 0. The second-order valence-electron chi connectivity index (χ2n) is 5.82. The highest BCUT2D eigenvalue weighted by atomic mass is 32.2. The number of fused-ring (bicyclic) bond motifs is 1. The number of methoxy groups -OCH3 is 2. The number of sulfone groups is 1. The molecule has 0 saturated carbocycles. The molecule has 0 saturated heterocycles. The lowest BCUT2D eigenvalue weighted by molar-refractivity contribution is -0.120. The summed E-state index contributed by atoms with van der Waals surface area (Å²) in [6, 6.07) is 5.76. The van der Waals surface area contributed by atoms with E-state index >= 15 is 0 Å².